The number of carbonyl (C=O) groups excluding carboxylic acids is 4. The quantitative estimate of drug-likeness (QED) is 0.0222. The van der Waals surface area contributed by atoms with Crippen molar-refractivity contribution in [1.29, 1.82) is 0 Å². The van der Waals surface area contributed by atoms with Gasteiger partial charge in [-0.3, -0.25) is 37.3 Å². The van der Waals surface area contributed by atoms with E-state index in [1.54, 1.807) is 0 Å². The molecular weight excluding hydrogens is 1350 g/mol. The maximum absolute atomic E-state index is 13.1. The van der Waals surface area contributed by atoms with Gasteiger partial charge in [0.2, 0.25) is 0 Å². The van der Waals surface area contributed by atoms with Gasteiger partial charge >= 0.3 is 39.5 Å². The minimum atomic E-state index is -4.96. The largest absolute Gasteiger partial charge is 0.472 e. The van der Waals surface area contributed by atoms with Crippen LogP contribution in [0.15, 0.2) is 0 Å². The summed E-state index contributed by atoms with van der Waals surface area (Å²) < 4.78 is 68.8. The molecule has 0 radical (unpaired) electrons. The molecule has 3 N–H and O–H groups in total. The van der Waals surface area contributed by atoms with Crippen molar-refractivity contribution in [2.45, 2.75) is 477 Å². The van der Waals surface area contributed by atoms with Gasteiger partial charge in [0, 0.05) is 25.7 Å². The van der Waals surface area contributed by atoms with E-state index in [-0.39, 0.29) is 25.7 Å². The lowest BCUT2D eigenvalue weighted by atomic mass is 10.0. The number of ether oxygens (including phenoxy) is 4. The number of aliphatic hydroxyl groups is 1. The summed E-state index contributed by atoms with van der Waals surface area (Å²) in [4.78, 5) is 73.1. The highest BCUT2D eigenvalue weighted by molar-refractivity contribution is 7.47. The first kappa shape index (κ1) is 102. The van der Waals surface area contributed by atoms with Gasteiger partial charge in [0.25, 0.3) is 0 Å². The molecule has 104 heavy (non-hydrogen) atoms. The fraction of sp³-hybridized carbons (Fsp3) is 0.953. The predicted molar refractivity (Wildman–Crippen MR) is 428 cm³/mol. The molecule has 0 aliphatic rings. The van der Waals surface area contributed by atoms with Gasteiger partial charge in [-0.25, -0.2) is 9.13 Å². The minimum absolute atomic E-state index is 0.108. The summed E-state index contributed by atoms with van der Waals surface area (Å²) >= 11 is 0. The van der Waals surface area contributed by atoms with Gasteiger partial charge in [0.05, 0.1) is 26.4 Å². The van der Waals surface area contributed by atoms with E-state index in [0.717, 1.165) is 96.3 Å². The monoisotopic (exact) mass is 1520 g/mol. The zero-order chi connectivity index (χ0) is 76.2. The second kappa shape index (κ2) is 77.8. The van der Waals surface area contributed by atoms with Crippen LogP contribution in [0.1, 0.15) is 458 Å². The SMILES string of the molecule is CCCCCCCCCCCCCCCCCCCCCC(=O)OC[C@H](COP(=O)(O)OC[C@@H](O)COP(=O)(O)OC[C@@H](COC(=O)CCCCCCCCC(C)C)OC(=O)CCCCCCCCCCCCCCCCCCC)OC(=O)CCCCCCCCCCCCCCCCCCCCC. The Bertz CT molecular complexity index is 1980. The Morgan fingerprint density at radius 1 is 0.260 bits per heavy atom. The number of unbranched alkanes of at least 4 members (excludes halogenated alkanes) is 57. The summed E-state index contributed by atoms with van der Waals surface area (Å²) in [5.74, 6) is -1.42. The van der Waals surface area contributed by atoms with Crippen LogP contribution in [-0.4, -0.2) is 96.7 Å². The molecule has 0 heterocycles. The zero-order valence-electron chi connectivity index (χ0n) is 68.2. The van der Waals surface area contributed by atoms with Gasteiger partial charge in [0.1, 0.15) is 19.3 Å². The van der Waals surface area contributed by atoms with Crippen LogP contribution in [0.3, 0.4) is 0 Å². The van der Waals surface area contributed by atoms with E-state index in [9.17, 15) is 43.2 Å². The Morgan fingerprint density at radius 3 is 0.654 bits per heavy atom. The summed E-state index contributed by atoms with van der Waals surface area (Å²) in [6.07, 6.45) is 71.1. The third-order valence-electron chi connectivity index (χ3n) is 20.0. The van der Waals surface area contributed by atoms with E-state index in [4.69, 9.17) is 37.0 Å². The molecule has 0 bridgehead atoms. The van der Waals surface area contributed by atoms with Crippen LogP contribution in [-0.2, 0) is 65.4 Å². The molecule has 0 fully saturated rings. The second-order valence-corrected chi connectivity index (χ2v) is 34.0. The number of hydrogen-bond acceptors (Lipinski definition) is 15. The molecular formula is C85H166O17P2. The zero-order valence-corrected chi connectivity index (χ0v) is 70.0. The molecule has 0 aliphatic carbocycles. The highest BCUT2D eigenvalue weighted by Crippen LogP contribution is 2.45. The molecule has 5 atom stereocenters. The number of phosphoric ester groups is 2. The molecule has 0 saturated heterocycles. The third-order valence-corrected chi connectivity index (χ3v) is 21.9. The topological polar surface area (TPSA) is 237 Å². The average Bonchev–Trinajstić information content (AvgIpc) is 0.905. The molecule has 0 amide bonds. The molecule has 0 aliphatic heterocycles. The molecule has 0 aromatic carbocycles. The molecule has 0 aromatic rings. The first-order chi connectivity index (χ1) is 50.5. The Morgan fingerprint density at radius 2 is 0.442 bits per heavy atom. The average molecular weight is 1520 g/mol. The van der Waals surface area contributed by atoms with Gasteiger partial charge in [-0.05, 0) is 31.6 Å². The standard InChI is InChI=1S/C85H166O17P2/c1-6-9-12-15-18-21-24-27-30-33-35-38-40-43-46-49-52-58-63-68-82(87)95-74-80(101-84(89)70-65-61-54-51-48-45-42-39-36-34-31-28-25-22-19-16-13-10-7-2)76-99-103(91,92)97-72-79(86)73-98-104(93,94)100-77-81(75-96-83(88)69-64-59-56-55-57-62-67-78(4)5)102-85(90)71-66-60-53-50-47-44-41-37-32-29-26-23-20-17-14-11-8-3/h78-81,86H,6-77H2,1-5H3,(H,91,92)(H,93,94)/t79-,80-,81-/m1/s1. The van der Waals surface area contributed by atoms with Crippen molar-refractivity contribution in [1.82, 2.24) is 0 Å². The highest BCUT2D eigenvalue weighted by Gasteiger charge is 2.30. The Labute approximate surface area is 638 Å². The van der Waals surface area contributed by atoms with E-state index in [2.05, 4.69) is 34.6 Å². The lowest BCUT2D eigenvalue weighted by molar-refractivity contribution is -0.161. The van der Waals surface area contributed by atoms with Crippen LogP contribution in [0.2, 0.25) is 0 Å². The van der Waals surface area contributed by atoms with E-state index >= 15 is 0 Å². The van der Waals surface area contributed by atoms with Crippen LogP contribution in [0.5, 0.6) is 0 Å². The smallest absolute Gasteiger partial charge is 0.462 e. The molecule has 0 spiro atoms. The number of rotatable bonds is 85. The van der Waals surface area contributed by atoms with Crippen molar-refractivity contribution in [2.24, 2.45) is 5.92 Å². The summed E-state index contributed by atoms with van der Waals surface area (Å²) in [5, 5.41) is 10.7. The summed E-state index contributed by atoms with van der Waals surface area (Å²) in [7, 11) is -9.92. The fourth-order valence-electron chi connectivity index (χ4n) is 13.3. The molecule has 17 nitrogen and oxygen atoms in total. The maximum Gasteiger partial charge on any atom is 0.472 e. The van der Waals surface area contributed by atoms with Crippen molar-refractivity contribution in [3.05, 3.63) is 0 Å². The Kier molecular flexibility index (Phi) is 76.3. The van der Waals surface area contributed by atoms with E-state index < -0.39 is 97.5 Å². The summed E-state index contributed by atoms with van der Waals surface area (Å²) in [6, 6.07) is 0. The number of aliphatic hydroxyl groups excluding tert-OH is 1. The fourth-order valence-corrected chi connectivity index (χ4v) is 14.9. The van der Waals surface area contributed by atoms with Crippen LogP contribution in [0.25, 0.3) is 0 Å². The summed E-state index contributed by atoms with van der Waals surface area (Å²) in [5.41, 5.74) is 0. The van der Waals surface area contributed by atoms with Crippen LogP contribution in [0, 0.1) is 5.92 Å². The number of esters is 4. The number of carbonyl (C=O) groups is 4. The lowest BCUT2D eigenvalue weighted by Crippen LogP contribution is -2.30. The molecule has 0 aromatic heterocycles. The Hall–Kier alpha value is -1.94. The predicted octanol–water partition coefficient (Wildman–Crippen LogP) is 26.0. The maximum atomic E-state index is 13.1. The number of hydrogen-bond donors (Lipinski definition) is 3. The van der Waals surface area contributed by atoms with E-state index in [1.807, 2.05) is 0 Å². The van der Waals surface area contributed by atoms with Gasteiger partial charge in [-0.15, -0.1) is 0 Å². The van der Waals surface area contributed by atoms with Crippen molar-refractivity contribution in [2.75, 3.05) is 39.6 Å². The van der Waals surface area contributed by atoms with Crippen molar-refractivity contribution < 1.29 is 80.2 Å². The van der Waals surface area contributed by atoms with Crippen molar-refractivity contribution >= 4 is 39.5 Å². The van der Waals surface area contributed by atoms with Crippen LogP contribution in [0.4, 0.5) is 0 Å². The number of phosphoric acid groups is 2. The van der Waals surface area contributed by atoms with Crippen molar-refractivity contribution in [3.63, 3.8) is 0 Å². The van der Waals surface area contributed by atoms with E-state index in [1.165, 1.54) is 276 Å². The van der Waals surface area contributed by atoms with Gasteiger partial charge in [-0.1, -0.05) is 407 Å². The van der Waals surface area contributed by atoms with Crippen LogP contribution < -0.4 is 0 Å². The molecule has 0 rings (SSSR count). The van der Waals surface area contributed by atoms with Crippen molar-refractivity contribution in [3.8, 4) is 0 Å². The van der Waals surface area contributed by atoms with Gasteiger partial charge in [-0.2, -0.15) is 0 Å². The molecule has 19 heteroatoms. The summed E-state index contributed by atoms with van der Waals surface area (Å²) in [6.45, 7) is 7.28. The highest BCUT2D eigenvalue weighted by atomic mass is 31.2. The Balaban J connectivity index is 5.21. The molecule has 0 saturated carbocycles. The van der Waals surface area contributed by atoms with Crippen LogP contribution >= 0.6 is 15.6 Å². The first-order valence-corrected chi connectivity index (χ1v) is 47.1. The molecule has 2 unspecified atom stereocenters. The van der Waals surface area contributed by atoms with E-state index in [0.29, 0.717) is 31.6 Å². The molecule has 618 valence electrons. The second-order valence-electron chi connectivity index (χ2n) is 31.1. The van der Waals surface area contributed by atoms with Gasteiger partial charge in [0.15, 0.2) is 12.2 Å². The normalized spacial score (nSPS) is 13.8. The first-order valence-electron chi connectivity index (χ1n) is 44.1. The van der Waals surface area contributed by atoms with Gasteiger partial charge < -0.3 is 33.8 Å². The third kappa shape index (κ3) is 78.2. The minimum Gasteiger partial charge on any atom is -0.462 e. The lowest BCUT2D eigenvalue weighted by Gasteiger charge is -2.21.